The van der Waals surface area contributed by atoms with Crippen LogP contribution in [0.1, 0.15) is 18.1 Å². The third kappa shape index (κ3) is 4.18. The second kappa shape index (κ2) is 7.77. The van der Waals surface area contributed by atoms with Crippen LogP contribution < -0.4 is 0 Å². The van der Waals surface area contributed by atoms with Gasteiger partial charge in [0.05, 0.1) is 0 Å². The van der Waals surface area contributed by atoms with Gasteiger partial charge in [-0.05, 0) is 23.6 Å². The Labute approximate surface area is 136 Å². The Kier molecular flexibility index (Phi) is 5.49. The lowest BCUT2D eigenvalue weighted by Crippen LogP contribution is -2.11. The summed E-state index contributed by atoms with van der Waals surface area (Å²) >= 11 is 0. The maximum atomic E-state index is 12.3. The monoisotopic (exact) mass is 303 g/mol. The molecule has 0 radical (unpaired) electrons. The summed E-state index contributed by atoms with van der Waals surface area (Å²) in [5.74, 6) is -0.641. The van der Waals surface area contributed by atoms with E-state index in [4.69, 9.17) is 4.74 Å². The van der Waals surface area contributed by atoms with Gasteiger partial charge in [0.2, 0.25) is 0 Å². The first-order chi connectivity index (χ1) is 11.1. The molecule has 2 aromatic rings. The maximum absolute atomic E-state index is 12.3. The van der Waals surface area contributed by atoms with E-state index >= 15 is 0 Å². The lowest BCUT2D eigenvalue weighted by molar-refractivity contribution is -0.137. The number of carbonyl (C=O) groups excluding carboxylic acids is 1. The summed E-state index contributed by atoms with van der Waals surface area (Å²) < 4.78 is 5.16. The molecule has 0 aliphatic rings. The van der Waals surface area contributed by atoms with E-state index in [1.165, 1.54) is 0 Å². The fourth-order valence-electron chi connectivity index (χ4n) is 2.13. The molecule has 2 rings (SSSR count). The van der Waals surface area contributed by atoms with E-state index in [0.29, 0.717) is 5.57 Å². The highest BCUT2D eigenvalue weighted by Crippen LogP contribution is 2.27. The highest BCUT2D eigenvalue weighted by atomic mass is 16.5. The van der Waals surface area contributed by atoms with Crippen molar-refractivity contribution in [1.82, 2.24) is 0 Å². The number of hydrogen-bond acceptors (Lipinski definition) is 3. The fourth-order valence-corrected chi connectivity index (χ4v) is 2.13. The molecule has 3 heteroatoms. The summed E-state index contributed by atoms with van der Waals surface area (Å²) in [6.45, 7) is 5.56. The van der Waals surface area contributed by atoms with Crippen LogP contribution in [0.3, 0.4) is 0 Å². The van der Waals surface area contributed by atoms with Crippen LogP contribution in [0.5, 0.6) is 0 Å². The molecule has 0 aromatic heterocycles. The maximum Gasteiger partial charge on any atom is 0.349 e. The van der Waals surface area contributed by atoms with Crippen molar-refractivity contribution in [1.29, 1.82) is 5.26 Å². The molecule has 0 aliphatic heterocycles. The predicted molar refractivity (Wildman–Crippen MR) is 90.3 cm³/mol. The Morgan fingerprint density at radius 1 is 1.04 bits per heavy atom. The standard InChI is InChI=1S/C20H17NO2/c1-15(2)14-23-20(22)18(13-21)19(16-9-5-3-6-10-16)17-11-7-4-8-12-17/h3-12H,1,14H2,2H3. The molecule has 0 spiro atoms. The van der Waals surface area contributed by atoms with Gasteiger partial charge < -0.3 is 4.74 Å². The van der Waals surface area contributed by atoms with Gasteiger partial charge in [-0.15, -0.1) is 0 Å². The number of nitriles is 1. The summed E-state index contributed by atoms with van der Waals surface area (Å²) in [5.41, 5.74) is 2.87. The molecule has 0 N–H and O–H groups in total. The highest BCUT2D eigenvalue weighted by molar-refractivity contribution is 6.05. The topological polar surface area (TPSA) is 50.1 Å². The minimum Gasteiger partial charge on any atom is -0.457 e. The summed E-state index contributed by atoms with van der Waals surface area (Å²) in [5, 5.41) is 9.52. The molecule has 0 heterocycles. The van der Waals surface area contributed by atoms with Crippen LogP contribution in [0, 0.1) is 11.3 Å². The number of benzene rings is 2. The Morgan fingerprint density at radius 2 is 1.52 bits per heavy atom. The van der Waals surface area contributed by atoms with Gasteiger partial charge in [0, 0.05) is 5.57 Å². The molecule has 3 nitrogen and oxygen atoms in total. The molecular weight excluding hydrogens is 286 g/mol. The smallest absolute Gasteiger partial charge is 0.349 e. The first kappa shape index (κ1) is 16.3. The van der Waals surface area contributed by atoms with E-state index in [2.05, 4.69) is 6.58 Å². The Hall–Kier alpha value is -3.12. The number of esters is 1. The van der Waals surface area contributed by atoms with Gasteiger partial charge >= 0.3 is 5.97 Å². The molecule has 114 valence electrons. The average molecular weight is 303 g/mol. The third-order valence-electron chi connectivity index (χ3n) is 3.14. The zero-order chi connectivity index (χ0) is 16.7. The minimum absolute atomic E-state index is 0.0105. The molecule has 0 amide bonds. The van der Waals surface area contributed by atoms with Crippen molar-refractivity contribution >= 4 is 11.5 Å². The average Bonchev–Trinajstić information content (AvgIpc) is 2.59. The van der Waals surface area contributed by atoms with Crippen LogP contribution in [0.25, 0.3) is 5.57 Å². The number of ether oxygens (including phenoxy) is 1. The van der Waals surface area contributed by atoms with Gasteiger partial charge in [0.25, 0.3) is 0 Å². The van der Waals surface area contributed by atoms with Crippen molar-refractivity contribution in [2.24, 2.45) is 0 Å². The number of nitrogens with zero attached hydrogens (tertiary/aromatic N) is 1. The fraction of sp³-hybridized carbons (Fsp3) is 0.100. The molecular formula is C20H17NO2. The molecule has 0 aliphatic carbocycles. The molecule has 2 aromatic carbocycles. The number of hydrogen-bond donors (Lipinski definition) is 0. The molecule has 0 atom stereocenters. The van der Waals surface area contributed by atoms with Crippen LogP contribution in [0.15, 0.2) is 78.4 Å². The lowest BCUT2D eigenvalue weighted by Gasteiger charge is -2.11. The first-order valence-electron chi connectivity index (χ1n) is 7.20. The van der Waals surface area contributed by atoms with Crippen LogP contribution in [-0.4, -0.2) is 12.6 Å². The predicted octanol–water partition coefficient (Wildman–Crippen LogP) is 4.13. The molecule has 0 saturated carbocycles. The summed E-state index contributed by atoms with van der Waals surface area (Å²) in [7, 11) is 0. The van der Waals surface area contributed by atoms with Crippen molar-refractivity contribution < 1.29 is 9.53 Å². The van der Waals surface area contributed by atoms with Crippen molar-refractivity contribution in [3.63, 3.8) is 0 Å². The van der Waals surface area contributed by atoms with E-state index in [-0.39, 0.29) is 12.2 Å². The van der Waals surface area contributed by atoms with Crippen LogP contribution in [0.2, 0.25) is 0 Å². The Balaban J connectivity index is 2.56. The minimum atomic E-state index is -0.641. The second-order valence-electron chi connectivity index (χ2n) is 5.13. The molecule has 0 unspecified atom stereocenters. The van der Waals surface area contributed by atoms with Crippen LogP contribution in [-0.2, 0) is 9.53 Å². The van der Waals surface area contributed by atoms with E-state index in [1.807, 2.05) is 66.7 Å². The van der Waals surface area contributed by atoms with Crippen molar-refractivity contribution in [3.8, 4) is 6.07 Å². The van der Waals surface area contributed by atoms with Crippen LogP contribution >= 0.6 is 0 Å². The summed E-state index contributed by atoms with van der Waals surface area (Å²) in [6.07, 6.45) is 0. The normalized spacial score (nSPS) is 9.57. The Morgan fingerprint density at radius 3 is 1.91 bits per heavy atom. The number of rotatable bonds is 5. The van der Waals surface area contributed by atoms with E-state index < -0.39 is 5.97 Å². The van der Waals surface area contributed by atoms with E-state index in [1.54, 1.807) is 6.92 Å². The van der Waals surface area contributed by atoms with E-state index in [9.17, 15) is 10.1 Å². The van der Waals surface area contributed by atoms with E-state index in [0.717, 1.165) is 16.7 Å². The number of carbonyl (C=O) groups is 1. The third-order valence-corrected chi connectivity index (χ3v) is 3.14. The van der Waals surface area contributed by atoms with Gasteiger partial charge in [-0.2, -0.15) is 5.26 Å². The largest absolute Gasteiger partial charge is 0.457 e. The highest BCUT2D eigenvalue weighted by Gasteiger charge is 2.19. The summed E-state index contributed by atoms with van der Waals surface area (Å²) in [6, 6.07) is 20.7. The zero-order valence-corrected chi connectivity index (χ0v) is 13.0. The first-order valence-corrected chi connectivity index (χ1v) is 7.20. The van der Waals surface area contributed by atoms with Crippen molar-refractivity contribution in [3.05, 3.63) is 89.5 Å². The summed E-state index contributed by atoms with van der Waals surface area (Å²) in [4.78, 5) is 12.3. The van der Waals surface area contributed by atoms with Crippen LogP contribution in [0.4, 0.5) is 0 Å². The molecule has 0 saturated heterocycles. The van der Waals surface area contributed by atoms with Crippen molar-refractivity contribution in [2.45, 2.75) is 6.92 Å². The molecule has 0 fully saturated rings. The van der Waals surface area contributed by atoms with Gasteiger partial charge in [-0.3, -0.25) is 0 Å². The molecule has 0 bridgehead atoms. The second-order valence-corrected chi connectivity index (χ2v) is 5.13. The van der Waals surface area contributed by atoms with Gasteiger partial charge in [0.1, 0.15) is 18.2 Å². The van der Waals surface area contributed by atoms with Gasteiger partial charge in [-0.25, -0.2) is 4.79 Å². The quantitative estimate of drug-likeness (QED) is 0.361. The molecule has 23 heavy (non-hydrogen) atoms. The zero-order valence-electron chi connectivity index (χ0n) is 13.0. The Bertz CT molecular complexity index is 727. The van der Waals surface area contributed by atoms with Gasteiger partial charge in [-0.1, -0.05) is 67.2 Å². The van der Waals surface area contributed by atoms with Crippen molar-refractivity contribution in [2.75, 3.05) is 6.61 Å². The van der Waals surface area contributed by atoms with Gasteiger partial charge in [0.15, 0.2) is 0 Å². The lowest BCUT2D eigenvalue weighted by atomic mass is 9.93. The SMILES string of the molecule is C=C(C)COC(=O)C(C#N)=C(c1ccccc1)c1ccccc1.